The molecule has 0 radical (unpaired) electrons. The number of thiophene rings is 1. The minimum atomic E-state index is -3.90. The molecule has 0 spiro atoms. The monoisotopic (exact) mass is 288 g/mol. The Morgan fingerprint density at radius 2 is 2.11 bits per heavy atom. The second-order valence-corrected chi connectivity index (χ2v) is 6.94. The third kappa shape index (κ3) is 3.29. The molecule has 0 aliphatic heterocycles. The number of nitrogens with one attached hydrogen (secondary N) is 1. The SMILES string of the molecule is CC(C)C(NS(=O)(=O)c1ccc(C#N)s1)C(=O)O. The molecule has 0 aromatic carbocycles. The highest BCUT2D eigenvalue weighted by molar-refractivity contribution is 7.91. The minimum absolute atomic E-state index is 0.0639. The highest BCUT2D eigenvalue weighted by Crippen LogP contribution is 2.21. The van der Waals surface area contributed by atoms with E-state index >= 15 is 0 Å². The van der Waals surface area contributed by atoms with E-state index in [4.69, 9.17) is 10.4 Å². The molecule has 0 bridgehead atoms. The van der Waals surface area contributed by atoms with Crippen LogP contribution in [0.5, 0.6) is 0 Å². The molecule has 0 aliphatic carbocycles. The van der Waals surface area contributed by atoms with E-state index in [1.807, 2.05) is 6.07 Å². The first-order valence-corrected chi connectivity index (χ1v) is 7.33. The van der Waals surface area contributed by atoms with Gasteiger partial charge in [-0.3, -0.25) is 4.79 Å². The zero-order valence-corrected chi connectivity index (χ0v) is 11.4. The molecular weight excluding hydrogens is 276 g/mol. The smallest absolute Gasteiger partial charge is 0.322 e. The van der Waals surface area contributed by atoms with Gasteiger partial charge in [-0.2, -0.15) is 9.98 Å². The predicted molar refractivity (Wildman–Crippen MR) is 65.6 cm³/mol. The second kappa shape index (κ2) is 5.48. The van der Waals surface area contributed by atoms with Gasteiger partial charge in [-0.1, -0.05) is 13.8 Å². The lowest BCUT2D eigenvalue weighted by molar-refractivity contribution is -0.140. The van der Waals surface area contributed by atoms with Crippen LogP contribution in [0.25, 0.3) is 0 Å². The molecule has 8 heteroatoms. The second-order valence-electron chi connectivity index (χ2n) is 3.91. The van der Waals surface area contributed by atoms with Crippen LogP contribution in [-0.4, -0.2) is 25.5 Å². The number of carboxylic acids is 1. The van der Waals surface area contributed by atoms with E-state index < -0.39 is 22.0 Å². The summed E-state index contributed by atoms with van der Waals surface area (Å²) >= 11 is 0.801. The molecule has 0 saturated carbocycles. The van der Waals surface area contributed by atoms with Crippen molar-refractivity contribution in [3.8, 4) is 6.07 Å². The highest BCUT2D eigenvalue weighted by Gasteiger charge is 2.28. The molecule has 1 atom stereocenters. The van der Waals surface area contributed by atoms with E-state index in [-0.39, 0.29) is 15.0 Å². The zero-order chi connectivity index (χ0) is 13.9. The Balaban J connectivity index is 3.01. The van der Waals surface area contributed by atoms with Crippen molar-refractivity contribution >= 4 is 27.3 Å². The summed E-state index contributed by atoms with van der Waals surface area (Å²) in [6, 6.07) is 3.30. The maximum absolute atomic E-state index is 11.9. The first-order chi connectivity index (χ1) is 8.27. The molecule has 1 unspecified atom stereocenters. The first kappa shape index (κ1) is 14.6. The van der Waals surface area contributed by atoms with Gasteiger partial charge in [0.25, 0.3) is 10.0 Å². The van der Waals surface area contributed by atoms with Crippen LogP contribution in [0.3, 0.4) is 0 Å². The fraction of sp³-hybridized carbons (Fsp3) is 0.400. The average Bonchev–Trinajstić information content (AvgIpc) is 2.74. The lowest BCUT2D eigenvalue weighted by Gasteiger charge is -2.17. The van der Waals surface area contributed by atoms with Gasteiger partial charge < -0.3 is 5.11 Å². The summed E-state index contributed by atoms with van der Waals surface area (Å²) in [5, 5.41) is 17.6. The Labute approximate surface area is 109 Å². The van der Waals surface area contributed by atoms with E-state index in [0.717, 1.165) is 11.3 Å². The topological polar surface area (TPSA) is 107 Å². The van der Waals surface area contributed by atoms with Crippen LogP contribution in [0.15, 0.2) is 16.3 Å². The molecule has 1 aromatic rings. The number of carboxylic acid groups (broad SMARTS) is 1. The van der Waals surface area contributed by atoms with E-state index in [1.165, 1.54) is 12.1 Å². The average molecular weight is 288 g/mol. The van der Waals surface area contributed by atoms with Crippen LogP contribution in [0.1, 0.15) is 18.7 Å². The van der Waals surface area contributed by atoms with Crippen molar-refractivity contribution in [1.29, 1.82) is 5.26 Å². The standard InChI is InChI=1S/C10H12N2O4S2/c1-6(2)9(10(13)14)12-18(15,16)8-4-3-7(5-11)17-8/h3-4,6,9,12H,1-2H3,(H,13,14). The highest BCUT2D eigenvalue weighted by atomic mass is 32.2. The minimum Gasteiger partial charge on any atom is -0.480 e. The van der Waals surface area contributed by atoms with Crippen LogP contribution in [0.4, 0.5) is 0 Å². The first-order valence-electron chi connectivity index (χ1n) is 5.03. The molecule has 6 nitrogen and oxygen atoms in total. The lowest BCUT2D eigenvalue weighted by Crippen LogP contribution is -2.43. The Hall–Kier alpha value is -1.43. The van der Waals surface area contributed by atoms with Crippen LogP contribution in [0.2, 0.25) is 0 Å². The summed E-state index contributed by atoms with van der Waals surface area (Å²) in [5.41, 5.74) is 0. The zero-order valence-electron chi connectivity index (χ0n) is 9.75. The van der Waals surface area contributed by atoms with Gasteiger partial charge in [0, 0.05) is 0 Å². The molecule has 0 aliphatic rings. The molecular formula is C10H12N2O4S2. The van der Waals surface area contributed by atoms with Gasteiger partial charge in [0.1, 0.15) is 21.2 Å². The molecule has 2 N–H and O–H groups in total. The number of nitrogens with zero attached hydrogens (tertiary/aromatic N) is 1. The quantitative estimate of drug-likeness (QED) is 0.840. The van der Waals surface area contributed by atoms with Gasteiger partial charge in [-0.15, -0.1) is 11.3 Å². The Morgan fingerprint density at radius 3 is 2.50 bits per heavy atom. The molecule has 98 valence electrons. The number of nitriles is 1. The summed E-state index contributed by atoms with van der Waals surface area (Å²) in [5.74, 6) is -1.61. The number of sulfonamides is 1. The summed E-state index contributed by atoms with van der Waals surface area (Å²) in [4.78, 5) is 11.2. The largest absolute Gasteiger partial charge is 0.480 e. The number of carbonyl (C=O) groups is 1. The fourth-order valence-corrected chi connectivity index (χ4v) is 3.68. The number of aliphatic carboxylic acids is 1. The number of hydrogen-bond donors (Lipinski definition) is 2. The van der Waals surface area contributed by atoms with Gasteiger partial charge in [-0.25, -0.2) is 8.42 Å². The molecule has 1 heterocycles. The molecule has 0 saturated heterocycles. The van der Waals surface area contributed by atoms with E-state index in [9.17, 15) is 13.2 Å². The van der Waals surface area contributed by atoms with Crippen molar-refractivity contribution in [3.05, 3.63) is 17.0 Å². The fourth-order valence-electron chi connectivity index (χ4n) is 1.22. The van der Waals surface area contributed by atoms with Crippen molar-refractivity contribution in [3.63, 3.8) is 0 Å². The number of hydrogen-bond acceptors (Lipinski definition) is 5. The molecule has 0 amide bonds. The van der Waals surface area contributed by atoms with Gasteiger partial charge in [-0.05, 0) is 18.1 Å². The summed E-state index contributed by atoms with van der Waals surface area (Å²) in [6.45, 7) is 3.22. The van der Waals surface area contributed by atoms with Crippen molar-refractivity contribution in [2.45, 2.75) is 24.1 Å². The van der Waals surface area contributed by atoms with Gasteiger partial charge in [0.2, 0.25) is 0 Å². The van der Waals surface area contributed by atoms with Crippen molar-refractivity contribution < 1.29 is 18.3 Å². The van der Waals surface area contributed by atoms with Crippen LogP contribution in [-0.2, 0) is 14.8 Å². The summed E-state index contributed by atoms with van der Waals surface area (Å²) in [6.07, 6.45) is 0. The molecule has 1 rings (SSSR count). The molecule has 18 heavy (non-hydrogen) atoms. The maximum atomic E-state index is 11.9. The number of rotatable bonds is 5. The van der Waals surface area contributed by atoms with Crippen LogP contribution >= 0.6 is 11.3 Å². The van der Waals surface area contributed by atoms with E-state index in [2.05, 4.69) is 4.72 Å². The normalized spacial score (nSPS) is 13.2. The van der Waals surface area contributed by atoms with E-state index in [0.29, 0.717) is 0 Å². The molecule has 1 aromatic heterocycles. The van der Waals surface area contributed by atoms with Gasteiger partial charge >= 0.3 is 5.97 Å². The maximum Gasteiger partial charge on any atom is 0.322 e. The Morgan fingerprint density at radius 1 is 1.50 bits per heavy atom. The Bertz CT molecular complexity index is 583. The third-order valence-electron chi connectivity index (χ3n) is 2.17. The van der Waals surface area contributed by atoms with Crippen LogP contribution in [0, 0.1) is 17.2 Å². The van der Waals surface area contributed by atoms with Crippen molar-refractivity contribution in [2.75, 3.05) is 0 Å². The van der Waals surface area contributed by atoms with Crippen molar-refractivity contribution in [1.82, 2.24) is 4.72 Å². The summed E-state index contributed by atoms with van der Waals surface area (Å²) < 4.78 is 25.9. The van der Waals surface area contributed by atoms with Crippen molar-refractivity contribution in [2.24, 2.45) is 5.92 Å². The predicted octanol–water partition coefficient (Wildman–Crippen LogP) is 1.01. The molecule has 0 fully saturated rings. The Kier molecular flexibility index (Phi) is 4.45. The van der Waals surface area contributed by atoms with E-state index in [1.54, 1.807) is 13.8 Å². The van der Waals surface area contributed by atoms with Crippen LogP contribution < -0.4 is 4.72 Å². The third-order valence-corrected chi connectivity index (χ3v) is 5.09. The van der Waals surface area contributed by atoms with Gasteiger partial charge in [0.05, 0.1) is 0 Å². The lowest BCUT2D eigenvalue weighted by atomic mass is 10.1. The van der Waals surface area contributed by atoms with Gasteiger partial charge in [0.15, 0.2) is 0 Å². The summed E-state index contributed by atoms with van der Waals surface area (Å²) in [7, 11) is -3.90.